The van der Waals surface area contributed by atoms with Crippen LogP contribution in [0.3, 0.4) is 0 Å². The van der Waals surface area contributed by atoms with E-state index in [4.69, 9.17) is 15.2 Å². The molecule has 2 rings (SSSR count). The second-order valence-electron chi connectivity index (χ2n) is 5.09. The van der Waals surface area contributed by atoms with E-state index in [1.54, 1.807) is 12.3 Å². The van der Waals surface area contributed by atoms with Crippen molar-refractivity contribution in [3.05, 3.63) is 39.6 Å². The number of rotatable bonds is 7. The predicted octanol–water partition coefficient (Wildman–Crippen LogP) is 2.29. The fourth-order valence-corrected chi connectivity index (χ4v) is 3.00. The number of halogens is 1. The standard InChI is InChI=1S/C16H20FN3O3S/c1-9(10-6-13(22-2)14(23-3)7-11(10)17)19-16(21)12-8-24-15(20-12)4-5-18/h6-9H,4-5,18H2,1-3H3,(H,19,21). The lowest BCUT2D eigenvalue weighted by Gasteiger charge is -2.17. The second kappa shape index (κ2) is 8.07. The van der Waals surface area contributed by atoms with Crippen molar-refractivity contribution < 1.29 is 18.7 Å². The average Bonchev–Trinajstić information content (AvgIpc) is 3.03. The molecule has 0 saturated carbocycles. The number of benzene rings is 1. The lowest BCUT2D eigenvalue weighted by Crippen LogP contribution is -2.27. The van der Waals surface area contributed by atoms with Gasteiger partial charge in [0.2, 0.25) is 0 Å². The summed E-state index contributed by atoms with van der Waals surface area (Å²) in [5.41, 5.74) is 6.08. The molecule has 2 aromatic rings. The summed E-state index contributed by atoms with van der Waals surface area (Å²) in [6.45, 7) is 2.16. The van der Waals surface area contributed by atoms with E-state index < -0.39 is 11.9 Å². The zero-order valence-corrected chi connectivity index (χ0v) is 14.6. The van der Waals surface area contributed by atoms with Crippen LogP contribution in [0.1, 0.15) is 34.0 Å². The Morgan fingerprint density at radius 1 is 1.38 bits per heavy atom. The van der Waals surface area contributed by atoms with Gasteiger partial charge in [-0.25, -0.2) is 9.37 Å². The summed E-state index contributed by atoms with van der Waals surface area (Å²) in [6.07, 6.45) is 0.623. The second-order valence-corrected chi connectivity index (χ2v) is 6.03. The number of methoxy groups -OCH3 is 2. The van der Waals surface area contributed by atoms with Crippen LogP contribution in [0, 0.1) is 5.82 Å². The van der Waals surface area contributed by atoms with E-state index in [2.05, 4.69) is 10.3 Å². The largest absolute Gasteiger partial charge is 0.493 e. The molecule has 0 radical (unpaired) electrons. The number of ether oxygens (including phenoxy) is 2. The summed E-state index contributed by atoms with van der Waals surface area (Å²) in [6, 6.07) is 2.19. The molecule has 1 amide bonds. The van der Waals surface area contributed by atoms with Crippen LogP contribution < -0.4 is 20.5 Å². The van der Waals surface area contributed by atoms with Gasteiger partial charge in [0, 0.05) is 23.4 Å². The van der Waals surface area contributed by atoms with E-state index >= 15 is 0 Å². The molecule has 130 valence electrons. The molecule has 1 aromatic carbocycles. The van der Waals surface area contributed by atoms with Crippen molar-refractivity contribution in [2.75, 3.05) is 20.8 Å². The van der Waals surface area contributed by atoms with Gasteiger partial charge in [0.05, 0.1) is 25.3 Å². The van der Waals surface area contributed by atoms with Gasteiger partial charge in [-0.3, -0.25) is 4.79 Å². The molecule has 0 spiro atoms. The summed E-state index contributed by atoms with van der Waals surface area (Å²) in [5.74, 6) is -0.157. The van der Waals surface area contributed by atoms with E-state index in [1.165, 1.54) is 37.7 Å². The van der Waals surface area contributed by atoms with Gasteiger partial charge in [-0.2, -0.15) is 0 Å². The number of nitrogens with one attached hydrogen (secondary N) is 1. The van der Waals surface area contributed by atoms with Crippen molar-refractivity contribution >= 4 is 17.2 Å². The maximum absolute atomic E-state index is 14.2. The van der Waals surface area contributed by atoms with Crippen molar-refractivity contribution in [3.63, 3.8) is 0 Å². The van der Waals surface area contributed by atoms with Crippen molar-refractivity contribution in [2.24, 2.45) is 5.73 Å². The molecule has 0 aliphatic carbocycles. The lowest BCUT2D eigenvalue weighted by molar-refractivity contribution is 0.0934. The minimum absolute atomic E-state index is 0.295. The van der Waals surface area contributed by atoms with E-state index in [0.717, 1.165) is 5.01 Å². The molecule has 0 saturated heterocycles. The molecule has 1 heterocycles. The third-order valence-corrected chi connectivity index (χ3v) is 4.37. The molecule has 0 aliphatic rings. The van der Waals surface area contributed by atoms with Gasteiger partial charge >= 0.3 is 0 Å². The normalized spacial score (nSPS) is 11.9. The Bertz CT molecular complexity index is 721. The quantitative estimate of drug-likeness (QED) is 0.798. The first-order valence-corrected chi connectivity index (χ1v) is 8.24. The number of aromatic nitrogens is 1. The van der Waals surface area contributed by atoms with Gasteiger partial charge in [0.25, 0.3) is 5.91 Å². The van der Waals surface area contributed by atoms with Crippen molar-refractivity contribution in [1.82, 2.24) is 10.3 Å². The number of amides is 1. The van der Waals surface area contributed by atoms with Crippen molar-refractivity contribution in [3.8, 4) is 11.5 Å². The van der Waals surface area contributed by atoms with Crippen LogP contribution in [0.25, 0.3) is 0 Å². The fraction of sp³-hybridized carbons (Fsp3) is 0.375. The molecule has 1 unspecified atom stereocenters. The summed E-state index contributed by atoms with van der Waals surface area (Å²) >= 11 is 1.38. The highest BCUT2D eigenvalue weighted by Crippen LogP contribution is 2.32. The highest BCUT2D eigenvalue weighted by Gasteiger charge is 2.19. The third-order valence-electron chi connectivity index (χ3n) is 3.46. The average molecular weight is 353 g/mol. The molecular weight excluding hydrogens is 333 g/mol. The van der Waals surface area contributed by atoms with Gasteiger partial charge in [-0.1, -0.05) is 0 Å². The lowest BCUT2D eigenvalue weighted by atomic mass is 10.1. The highest BCUT2D eigenvalue weighted by atomic mass is 32.1. The van der Waals surface area contributed by atoms with Crippen LogP contribution in [0.2, 0.25) is 0 Å². The molecule has 1 atom stereocenters. The Kier molecular flexibility index (Phi) is 6.10. The van der Waals surface area contributed by atoms with Gasteiger partial charge in [-0.05, 0) is 19.5 Å². The summed E-state index contributed by atoms with van der Waals surface area (Å²) in [5, 5.41) is 5.20. The molecule has 0 bridgehead atoms. The van der Waals surface area contributed by atoms with Crippen LogP contribution in [0.5, 0.6) is 11.5 Å². The fourth-order valence-electron chi connectivity index (χ4n) is 2.20. The van der Waals surface area contributed by atoms with Gasteiger partial charge in [-0.15, -0.1) is 11.3 Å². The molecule has 8 heteroatoms. The topological polar surface area (TPSA) is 86.5 Å². The van der Waals surface area contributed by atoms with Crippen molar-refractivity contribution in [1.29, 1.82) is 0 Å². The van der Waals surface area contributed by atoms with Crippen LogP contribution in [-0.2, 0) is 6.42 Å². The van der Waals surface area contributed by atoms with E-state index in [-0.39, 0.29) is 5.91 Å². The molecule has 1 aromatic heterocycles. The van der Waals surface area contributed by atoms with Crippen LogP contribution in [0.4, 0.5) is 4.39 Å². The first kappa shape index (κ1) is 18.2. The van der Waals surface area contributed by atoms with Crippen molar-refractivity contribution in [2.45, 2.75) is 19.4 Å². The monoisotopic (exact) mass is 353 g/mol. The number of nitrogens with two attached hydrogens (primary N) is 1. The minimum Gasteiger partial charge on any atom is -0.493 e. The number of hydrogen-bond donors (Lipinski definition) is 2. The Labute approximate surface area is 143 Å². The number of carbonyl (C=O) groups is 1. The molecule has 24 heavy (non-hydrogen) atoms. The summed E-state index contributed by atoms with van der Waals surface area (Å²) in [7, 11) is 2.90. The molecule has 3 N–H and O–H groups in total. The molecule has 0 fully saturated rings. The van der Waals surface area contributed by atoms with E-state index in [9.17, 15) is 9.18 Å². The summed E-state index contributed by atoms with van der Waals surface area (Å²) in [4.78, 5) is 16.5. The number of thiazole rings is 1. The Morgan fingerprint density at radius 2 is 2.04 bits per heavy atom. The first-order chi connectivity index (χ1) is 11.5. The van der Waals surface area contributed by atoms with Crippen LogP contribution >= 0.6 is 11.3 Å². The van der Waals surface area contributed by atoms with E-state index in [1.807, 2.05) is 0 Å². The third kappa shape index (κ3) is 4.01. The van der Waals surface area contributed by atoms with E-state index in [0.29, 0.717) is 35.7 Å². The number of nitrogens with zero attached hydrogens (tertiary/aromatic N) is 1. The predicted molar refractivity (Wildman–Crippen MR) is 90.3 cm³/mol. The Hall–Kier alpha value is -2.19. The van der Waals surface area contributed by atoms with Gasteiger partial charge in [0.15, 0.2) is 11.5 Å². The van der Waals surface area contributed by atoms with Crippen LogP contribution in [-0.4, -0.2) is 31.7 Å². The van der Waals surface area contributed by atoms with Gasteiger partial charge in [0.1, 0.15) is 11.5 Å². The Balaban J connectivity index is 2.16. The number of carbonyl (C=O) groups excluding carboxylic acids is 1. The maximum Gasteiger partial charge on any atom is 0.271 e. The first-order valence-electron chi connectivity index (χ1n) is 7.36. The highest BCUT2D eigenvalue weighted by molar-refractivity contribution is 7.09. The maximum atomic E-state index is 14.2. The number of hydrogen-bond acceptors (Lipinski definition) is 6. The molecule has 6 nitrogen and oxygen atoms in total. The van der Waals surface area contributed by atoms with Gasteiger partial charge < -0.3 is 20.5 Å². The zero-order valence-electron chi connectivity index (χ0n) is 13.8. The zero-order chi connectivity index (χ0) is 17.7. The SMILES string of the molecule is COc1cc(F)c(C(C)NC(=O)c2csc(CCN)n2)cc1OC. The molecule has 0 aliphatic heterocycles. The summed E-state index contributed by atoms with van der Waals surface area (Å²) < 4.78 is 24.5. The minimum atomic E-state index is -0.558. The Morgan fingerprint density at radius 3 is 2.67 bits per heavy atom. The smallest absolute Gasteiger partial charge is 0.271 e. The van der Waals surface area contributed by atoms with Crippen LogP contribution in [0.15, 0.2) is 17.5 Å². The molecular formula is C16H20FN3O3S.